The topological polar surface area (TPSA) is 78.9 Å². The van der Waals surface area contributed by atoms with E-state index < -0.39 is 24.0 Å². The molecule has 0 saturated carbocycles. The van der Waals surface area contributed by atoms with Crippen LogP contribution in [0.1, 0.15) is 47.0 Å². The molecule has 0 aliphatic heterocycles. The molecule has 116 valence electrons. The van der Waals surface area contributed by atoms with Gasteiger partial charge in [0.05, 0.1) is 0 Å². The third kappa shape index (κ3) is 9.35. The molecule has 20 heavy (non-hydrogen) atoms. The number of hydrogen-bond acceptors (Lipinski definition) is 6. The first-order chi connectivity index (χ1) is 9.38. The fourth-order valence-corrected chi connectivity index (χ4v) is 1.26. The Bertz CT molecular complexity index is 304. The first kappa shape index (κ1) is 18.4. The molecular weight excluding hydrogens is 264 g/mol. The van der Waals surface area contributed by atoms with Crippen LogP contribution in [0.3, 0.4) is 0 Å². The number of carbonyl (C=O) groups excluding carboxylic acids is 3. The van der Waals surface area contributed by atoms with E-state index in [0.717, 1.165) is 0 Å². The van der Waals surface area contributed by atoms with Crippen LogP contribution >= 0.6 is 0 Å². The lowest BCUT2D eigenvalue weighted by molar-refractivity contribution is -0.167. The number of ether oxygens (including phenoxy) is 3. The van der Waals surface area contributed by atoms with Crippen molar-refractivity contribution < 1.29 is 28.6 Å². The highest BCUT2D eigenvalue weighted by atomic mass is 16.6. The van der Waals surface area contributed by atoms with Crippen LogP contribution in [0.5, 0.6) is 0 Å². The summed E-state index contributed by atoms with van der Waals surface area (Å²) in [7, 11) is 0. The molecule has 0 heterocycles. The Morgan fingerprint density at radius 2 is 1.30 bits per heavy atom. The van der Waals surface area contributed by atoms with Gasteiger partial charge in [-0.15, -0.1) is 0 Å². The van der Waals surface area contributed by atoms with Crippen molar-refractivity contribution in [1.29, 1.82) is 0 Å². The predicted octanol–water partition coefficient (Wildman–Crippen LogP) is 1.85. The summed E-state index contributed by atoms with van der Waals surface area (Å²) < 4.78 is 15.0. The molecule has 6 heteroatoms. The van der Waals surface area contributed by atoms with Crippen LogP contribution in [0.15, 0.2) is 0 Å². The van der Waals surface area contributed by atoms with Gasteiger partial charge in [0.2, 0.25) is 0 Å². The molecule has 6 nitrogen and oxygen atoms in total. The van der Waals surface area contributed by atoms with Gasteiger partial charge in [-0.1, -0.05) is 27.7 Å². The lowest BCUT2D eigenvalue weighted by atomic mass is 10.1. The van der Waals surface area contributed by atoms with Crippen molar-refractivity contribution in [3.05, 3.63) is 0 Å². The van der Waals surface area contributed by atoms with E-state index in [1.54, 1.807) is 13.8 Å². The van der Waals surface area contributed by atoms with Gasteiger partial charge in [-0.2, -0.15) is 0 Å². The third-order valence-corrected chi connectivity index (χ3v) is 2.31. The molecule has 0 saturated heterocycles. The van der Waals surface area contributed by atoms with E-state index in [0.29, 0.717) is 0 Å². The van der Waals surface area contributed by atoms with E-state index in [1.165, 1.54) is 0 Å². The molecule has 0 aromatic carbocycles. The van der Waals surface area contributed by atoms with Crippen LogP contribution in [-0.2, 0) is 28.6 Å². The molecule has 0 atom stereocenters. The van der Waals surface area contributed by atoms with Crippen LogP contribution in [-0.4, -0.2) is 37.2 Å². The Labute approximate surface area is 119 Å². The summed E-state index contributed by atoms with van der Waals surface area (Å²) in [5, 5.41) is 0. The summed E-state index contributed by atoms with van der Waals surface area (Å²) in [6.07, 6.45) is -0.0183. The minimum absolute atomic E-state index is 0.104. The van der Waals surface area contributed by atoms with E-state index in [9.17, 15) is 14.4 Å². The molecule has 0 bridgehead atoms. The standard InChI is InChI=1S/C14H24O6/c1-5-12(15)18-8-11(9-19-13(16)6-2)20-14(17)7-10(3)4/h10-11H,5-9H2,1-4H3. The molecule has 0 aliphatic carbocycles. The summed E-state index contributed by atoms with van der Waals surface area (Å²) in [4.78, 5) is 33.8. The molecule has 0 rings (SSSR count). The van der Waals surface area contributed by atoms with Crippen molar-refractivity contribution in [3.8, 4) is 0 Å². The Kier molecular flexibility index (Phi) is 9.41. The molecule has 0 fully saturated rings. The van der Waals surface area contributed by atoms with Gasteiger partial charge in [-0.25, -0.2) is 0 Å². The van der Waals surface area contributed by atoms with Crippen molar-refractivity contribution in [3.63, 3.8) is 0 Å². The van der Waals surface area contributed by atoms with E-state index >= 15 is 0 Å². The average molecular weight is 288 g/mol. The van der Waals surface area contributed by atoms with E-state index in [2.05, 4.69) is 0 Å². The maximum absolute atomic E-state index is 11.6. The molecule has 0 radical (unpaired) electrons. The average Bonchev–Trinajstić information content (AvgIpc) is 2.39. The van der Waals surface area contributed by atoms with Crippen LogP contribution in [0, 0.1) is 5.92 Å². The van der Waals surface area contributed by atoms with Gasteiger partial charge >= 0.3 is 17.9 Å². The molecular formula is C14H24O6. The predicted molar refractivity (Wildman–Crippen MR) is 71.8 cm³/mol. The van der Waals surface area contributed by atoms with Crippen LogP contribution < -0.4 is 0 Å². The largest absolute Gasteiger partial charge is 0.462 e. The number of carbonyl (C=O) groups is 3. The van der Waals surface area contributed by atoms with Gasteiger partial charge in [-0.05, 0) is 5.92 Å². The molecule has 0 spiro atoms. The summed E-state index contributed by atoms with van der Waals surface area (Å²) >= 11 is 0. The zero-order chi connectivity index (χ0) is 15.5. The molecule has 0 aliphatic rings. The second kappa shape index (κ2) is 10.2. The van der Waals surface area contributed by atoms with E-state index in [1.807, 2.05) is 13.8 Å². The minimum atomic E-state index is -0.757. The lowest BCUT2D eigenvalue weighted by Crippen LogP contribution is -2.31. The van der Waals surface area contributed by atoms with Crippen LogP contribution in [0.4, 0.5) is 0 Å². The summed E-state index contributed by atoms with van der Waals surface area (Å²) in [5.74, 6) is -1.02. The Morgan fingerprint density at radius 3 is 1.65 bits per heavy atom. The zero-order valence-corrected chi connectivity index (χ0v) is 12.6. The summed E-state index contributed by atoms with van der Waals surface area (Å²) in [6, 6.07) is 0. The fraction of sp³-hybridized carbons (Fsp3) is 0.786. The first-order valence-electron chi connectivity index (χ1n) is 6.89. The molecule has 0 aromatic heterocycles. The van der Waals surface area contributed by atoms with Crippen LogP contribution in [0.2, 0.25) is 0 Å². The van der Waals surface area contributed by atoms with E-state index in [-0.39, 0.29) is 38.4 Å². The highest BCUT2D eigenvalue weighted by Gasteiger charge is 2.19. The van der Waals surface area contributed by atoms with Crippen molar-refractivity contribution in [2.75, 3.05) is 13.2 Å². The second-order valence-electron chi connectivity index (χ2n) is 4.78. The molecule has 0 unspecified atom stereocenters. The van der Waals surface area contributed by atoms with Crippen molar-refractivity contribution >= 4 is 17.9 Å². The number of esters is 3. The third-order valence-electron chi connectivity index (χ3n) is 2.31. The van der Waals surface area contributed by atoms with Gasteiger partial charge in [0.1, 0.15) is 13.2 Å². The molecule has 0 aromatic rings. The van der Waals surface area contributed by atoms with Gasteiger partial charge < -0.3 is 14.2 Å². The van der Waals surface area contributed by atoms with Gasteiger partial charge in [-0.3, -0.25) is 14.4 Å². The van der Waals surface area contributed by atoms with Crippen molar-refractivity contribution in [1.82, 2.24) is 0 Å². The van der Waals surface area contributed by atoms with Crippen LogP contribution in [0.25, 0.3) is 0 Å². The lowest BCUT2D eigenvalue weighted by Gasteiger charge is -2.18. The van der Waals surface area contributed by atoms with Crippen molar-refractivity contribution in [2.24, 2.45) is 5.92 Å². The highest BCUT2D eigenvalue weighted by Crippen LogP contribution is 2.05. The monoisotopic (exact) mass is 288 g/mol. The first-order valence-corrected chi connectivity index (χ1v) is 6.89. The summed E-state index contributed by atoms with van der Waals surface area (Å²) in [6.45, 7) is 6.91. The molecule has 0 amide bonds. The zero-order valence-electron chi connectivity index (χ0n) is 12.6. The normalized spacial score (nSPS) is 10.5. The summed E-state index contributed by atoms with van der Waals surface area (Å²) in [5.41, 5.74) is 0. The quantitative estimate of drug-likeness (QED) is 0.476. The second-order valence-corrected chi connectivity index (χ2v) is 4.78. The Morgan fingerprint density at radius 1 is 0.850 bits per heavy atom. The Balaban J connectivity index is 4.33. The highest BCUT2D eigenvalue weighted by molar-refractivity contribution is 5.71. The van der Waals surface area contributed by atoms with Gasteiger partial charge in [0, 0.05) is 19.3 Å². The van der Waals surface area contributed by atoms with E-state index in [4.69, 9.17) is 14.2 Å². The number of rotatable bonds is 9. The maximum Gasteiger partial charge on any atom is 0.306 e. The van der Waals surface area contributed by atoms with Crippen molar-refractivity contribution in [2.45, 2.75) is 53.1 Å². The smallest absolute Gasteiger partial charge is 0.306 e. The van der Waals surface area contributed by atoms with Gasteiger partial charge in [0.15, 0.2) is 6.10 Å². The number of hydrogen-bond donors (Lipinski definition) is 0. The SMILES string of the molecule is CCC(=O)OCC(COC(=O)CC)OC(=O)CC(C)C. The Hall–Kier alpha value is -1.59. The minimum Gasteiger partial charge on any atom is -0.462 e. The van der Waals surface area contributed by atoms with Gasteiger partial charge in [0.25, 0.3) is 0 Å². The molecule has 0 N–H and O–H groups in total. The maximum atomic E-state index is 11.6. The fourth-order valence-electron chi connectivity index (χ4n) is 1.26.